The van der Waals surface area contributed by atoms with Crippen molar-refractivity contribution in [2.75, 3.05) is 18.7 Å². The Labute approximate surface area is 161 Å². The molecule has 0 spiro atoms. The Hall–Kier alpha value is -3.55. The van der Waals surface area contributed by atoms with Gasteiger partial charge in [-0.2, -0.15) is 0 Å². The van der Waals surface area contributed by atoms with E-state index in [0.29, 0.717) is 22.7 Å². The van der Waals surface area contributed by atoms with Gasteiger partial charge < -0.3 is 20.1 Å². The Kier molecular flexibility index (Phi) is 4.18. The molecule has 2 N–H and O–H groups in total. The van der Waals surface area contributed by atoms with Crippen LogP contribution in [0.3, 0.4) is 0 Å². The second-order valence-electron chi connectivity index (χ2n) is 6.93. The predicted molar refractivity (Wildman–Crippen MR) is 100.0 cm³/mol. The van der Waals surface area contributed by atoms with E-state index in [1.54, 1.807) is 37.3 Å². The number of carbonyl (C=O) groups excluding carboxylic acids is 3. The molecular formula is C20H19N3O5. The summed E-state index contributed by atoms with van der Waals surface area (Å²) in [6, 6.07) is 11.7. The number of hydrogen-bond acceptors (Lipinski definition) is 5. The molecule has 0 radical (unpaired) electrons. The van der Waals surface area contributed by atoms with E-state index in [4.69, 9.17) is 9.47 Å². The zero-order chi connectivity index (χ0) is 19.9. The minimum Gasteiger partial charge on any atom is -0.454 e. The van der Waals surface area contributed by atoms with Crippen molar-refractivity contribution in [1.29, 1.82) is 0 Å². The molecule has 144 valence electrons. The number of ether oxygens (including phenoxy) is 2. The van der Waals surface area contributed by atoms with E-state index in [0.717, 1.165) is 10.5 Å². The van der Waals surface area contributed by atoms with Crippen molar-refractivity contribution in [3.05, 3.63) is 53.6 Å². The summed E-state index contributed by atoms with van der Waals surface area (Å²) in [4.78, 5) is 38.6. The fraction of sp³-hybridized carbons (Fsp3) is 0.250. The lowest BCUT2D eigenvalue weighted by atomic mass is 9.91. The smallest absolute Gasteiger partial charge is 0.325 e. The third-order valence-corrected chi connectivity index (χ3v) is 4.83. The molecule has 1 saturated heterocycles. The minimum atomic E-state index is -1.29. The molecule has 2 heterocycles. The lowest BCUT2D eigenvalue weighted by Crippen LogP contribution is -2.42. The molecule has 0 saturated carbocycles. The number of carbonyl (C=O) groups is 3. The fourth-order valence-electron chi connectivity index (χ4n) is 3.31. The number of anilines is 1. The standard InChI is InChI=1S/C20H19N3O5/c1-12-4-3-5-14(8-12)21-17(24)10-23-18(25)20(2,22-19(23)26)13-6-7-15-16(9-13)28-11-27-15/h3-9H,10-11H2,1-2H3,(H,21,24)(H,22,26)/t20-/m1/s1. The van der Waals surface area contributed by atoms with Crippen LogP contribution in [0.1, 0.15) is 18.1 Å². The molecule has 0 unspecified atom stereocenters. The summed E-state index contributed by atoms with van der Waals surface area (Å²) >= 11 is 0. The van der Waals surface area contributed by atoms with Gasteiger partial charge in [-0.1, -0.05) is 18.2 Å². The van der Waals surface area contributed by atoms with Gasteiger partial charge in [-0.15, -0.1) is 0 Å². The number of amides is 4. The summed E-state index contributed by atoms with van der Waals surface area (Å²) in [5.74, 6) is 0.134. The second kappa shape index (κ2) is 6.56. The summed E-state index contributed by atoms with van der Waals surface area (Å²) in [5.41, 5.74) is 0.859. The van der Waals surface area contributed by atoms with Gasteiger partial charge >= 0.3 is 6.03 Å². The van der Waals surface area contributed by atoms with Gasteiger partial charge in [0.05, 0.1) is 0 Å². The first-order chi connectivity index (χ1) is 13.4. The zero-order valence-corrected chi connectivity index (χ0v) is 15.4. The number of imide groups is 1. The highest BCUT2D eigenvalue weighted by molar-refractivity contribution is 6.10. The van der Waals surface area contributed by atoms with Crippen LogP contribution in [0.2, 0.25) is 0 Å². The van der Waals surface area contributed by atoms with E-state index in [-0.39, 0.29) is 13.3 Å². The van der Waals surface area contributed by atoms with Gasteiger partial charge in [-0.25, -0.2) is 4.79 Å². The van der Waals surface area contributed by atoms with Gasteiger partial charge in [-0.05, 0) is 49.2 Å². The van der Waals surface area contributed by atoms with E-state index in [2.05, 4.69) is 10.6 Å². The Morgan fingerprint density at radius 1 is 1.18 bits per heavy atom. The molecule has 0 aromatic heterocycles. The molecule has 2 aromatic carbocycles. The molecular weight excluding hydrogens is 362 g/mol. The third kappa shape index (κ3) is 3.02. The molecule has 4 rings (SSSR count). The van der Waals surface area contributed by atoms with Crippen molar-refractivity contribution in [2.45, 2.75) is 19.4 Å². The summed E-state index contributed by atoms with van der Waals surface area (Å²) in [6.45, 7) is 3.24. The maximum atomic E-state index is 13.0. The Balaban J connectivity index is 1.51. The largest absolute Gasteiger partial charge is 0.454 e. The van der Waals surface area contributed by atoms with Crippen molar-refractivity contribution in [1.82, 2.24) is 10.2 Å². The molecule has 2 aliphatic heterocycles. The van der Waals surface area contributed by atoms with Crippen LogP contribution in [-0.4, -0.2) is 36.1 Å². The highest BCUT2D eigenvalue weighted by Gasteiger charge is 2.49. The monoisotopic (exact) mass is 381 g/mol. The van der Waals surface area contributed by atoms with Crippen LogP contribution in [0, 0.1) is 6.92 Å². The molecule has 1 atom stereocenters. The number of urea groups is 1. The lowest BCUT2D eigenvalue weighted by Gasteiger charge is -2.22. The minimum absolute atomic E-state index is 0.112. The maximum absolute atomic E-state index is 13.0. The van der Waals surface area contributed by atoms with Crippen LogP contribution >= 0.6 is 0 Å². The normalized spacial score (nSPS) is 20.3. The Bertz CT molecular complexity index is 990. The van der Waals surface area contributed by atoms with Gasteiger partial charge in [0.15, 0.2) is 11.5 Å². The second-order valence-corrected chi connectivity index (χ2v) is 6.93. The third-order valence-electron chi connectivity index (χ3n) is 4.83. The van der Waals surface area contributed by atoms with E-state index >= 15 is 0 Å². The van der Waals surface area contributed by atoms with Gasteiger partial charge in [0, 0.05) is 5.69 Å². The molecule has 8 heteroatoms. The van der Waals surface area contributed by atoms with E-state index in [9.17, 15) is 14.4 Å². The van der Waals surface area contributed by atoms with Gasteiger partial charge in [0.25, 0.3) is 5.91 Å². The van der Waals surface area contributed by atoms with Gasteiger partial charge in [0.1, 0.15) is 12.1 Å². The molecule has 1 fully saturated rings. The average Bonchev–Trinajstić information content (AvgIpc) is 3.20. The molecule has 28 heavy (non-hydrogen) atoms. The first-order valence-corrected chi connectivity index (χ1v) is 8.77. The van der Waals surface area contributed by atoms with Crippen LogP contribution in [0.15, 0.2) is 42.5 Å². The summed E-state index contributed by atoms with van der Waals surface area (Å²) < 4.78 is 10.6. The van der Waals surface area contributed by atoms with Crippen molar-refractivity contribution in [3.8, 4) is 11.5 Å². The van der Waals surface area contributed by atoms with E-state index in [1.807, 2.05) is 19.1 Å². The zero-order valence-electron chi connectivity index (χ0n) is 15.4. The topological polar surface area (TPSA) is 97.0 Å². The van der Waals surface area contributed by atoms with Crippen LogP contribution in [-0.2, 0) is 15.1 Å². The number of benzene rings is 2. The van der Waals surface area contributed by atoms with Crippen LogP contribution in [0.5, 0.6) is 11.5 Å². The van der Waals surface area contributed by atoms with Crippen molar-refractivity contribution in [3.63, 3.8) is 0 Å². The number of nitrogens with one attached hydrogen (secondary N) is 2. The number of rotatable bonds is 4. The molecule has 4 amide bonds. The number of aryl methyl sites for hydroxylation is 1. The number of nitrogens with zero attached hydrogens (tertiary/aromatic N) is 1. The summed E-state index contributed by atoms with van der Waals surface area (Å²) in [5, 5.41) is 5.38. The van der Waals surface area contributed by atoms with Crippen LogP contribution < -0.4 is 20.1 Å². The van der Waals surface area contributed by atoms with Gasteiger partial charge in [-0.3, -0.25) is 14.5 Å². The highest BCUT2D eigenvalue weighted by Crippen LogP contribution is 2.37. The molecule has 8 nitrogen and oxygen atoms in total. The lowest BCUT2D eigenvalue weighted by molar-refractivity contribution is -0.133. The van der Waals surface area contributed by atoms with E-state index in [1.165, 1.54) is 0 Å². The first-order valence-electron chi connectivity index (χ1n) is 8.77. The molecule has 0 aliphatic carbocycles. The molecule has 2 aromatic rings. The SMILES string of the molecule is Cc1cccc(NC(=O)CN2C(=O)N[C@](C)(c3ccc4c(c3)OCO4)C2=O)c1. The average molecular weight is 381 g/mol. The molecule has 2 aliphatic rings. The van der Waals surface area contributed by atoms with Crippen molar-refractivity contribution < 1.29 is 23.9 Å². The van der Waals surface area contributed by atoms with E-state index < -0.39 is 23.4 Å². The summed E-state index contributed by atoms with van der Waals surface area (Å²) in [6.07, 6.45) is 0. The number of hydrogen-bond donors (Lipinski definition) is 2. The maximum Gasteiger partial charge on any atom is 0.325 e. The predicted octanol–water partition coefficient (Wildman–Crippen LogP) is 2.13. The number of fused-ring (bicyclic) bond motifs is 1. The Morgan fingerprint density at radius 3 is 2.75 bits per heavy atom. The van der Waals surface area contributed by atoms with Crippen LogP contribution in [0.4, 0.5) is 10.5 Å². The quantitative estimate of drug-likeness (QED) is 0.791. The van der Waals surface area contributed by atoms with Crippen molar-refractivity contribution in [2.24, 2.45) is 0 Å². The highest BCUT2D eigenvalue weighted by atomic mass is 16.7. The summed E-state index contributed by atoms with van der Waals surface area (Å²) in [7, 11) is 0. The Morgan fingerprint density at radius 2 is 1.96 bits per heavy atom. The van der Waals surface area contributed by atoms with Crippen molar-refractivity contribution >= 4 is 23.5 Å². The molecule has 0 bridgehead atoms. The van der Waals surface area contributed by atoms with Crippen LogP contribution in [0.25, 0.3) is 0 Å². The van der Waals surface area contributed by atoms with Gasteiger partial charge in [0.2, 0.25) is 12.7 Å². The fourth-order valence-corrected chi connectivity index (χ4v) is 3.31. The first kappa shape index (κ1) is 17.8.